The molecule has 1 N–H and O–H groups in total. The van der Waals surface area contributed by atoms with E-state index in [-0.39, 0.29) is 23.5 Å². The van der Waals surface area contributed by atoms with Crippen LogP contribution >= 0.6 is 0 Å². The predicted molar refractivity (Wildman–Crippen MR) is 140 cm³/mol. The lowest BCUT2D eigenvalue weighted by molar-refractivity contribution is 0.102. The van der Waals surface area contributed by atoms with Crippen LogP contribution in [0.25, 0.3) is 11.3 Å². The lowest BCUT2D eigenvalue weighted by Gasteiger charge is -2.37. The summed E-state index contributed by atoms with van der Waals surface area (Å²) in [6.45, 7) is 4.93. The standard InChI is InChI=1S/C25H28N8O3S/c1-18-5-6-22(26-15-18)33-23(28-25(34)20-16-27-32-8-3-2-4-21(20)32)14-24(29-33)31-11-9-30(10-12-31)19-7-13-37(35,36)17-19/h2-6,8,14-16,19H,7,9-13,17H2,1H3,(H,28,34). The van der Waals surface area contributed by atoms with Crippen LogP contribution in [0.5, 0.6) is 0 Å². The Morgan fingerprint density at radius 2 is 1.89 bits per heavy atom. The maximum Gasteiger partial charge on any atom is 0.260 e. The fourth-order valence-corrected chi connectivity index (χ4v) is 6.81. The van der Waals surface area contributed by atoms with Crippen LogP contribution in [0.3, 0.4) is 0 Å². The number of carbonyl (C=O) groups is 1. The highest BCUT2D eigenvalue weighted by molar-refractivity contribution is 7.91. The van der Waals surface area contributed by atoms with Crippen molar-refractivity contribution < 1.29 is 13.2 Å². The molecule has 1 atom stereocenters. The van der Waals surface area contributed by atoms with Crippen molar-refractivity contribution >= 4 is 32.9 Å². The van der Waals surface area contributed by atoms with Gasteiger partial charge in [0.15, 0.2) is 21.5 Å². The van der Waals surface area contributed by atoms with Gasteiger partial charge < -0.3 is 10.2 Å². The minimum absolute atomic E-state index is 0.0992. The van der Waals surface area contributed by atoms with Gasteiger partial charge in [0.25, 0.3) is 5.91 Å². The average molecular weight is 521 g/mol. The number of hydrogen-bond acceptors (Lipinski definition) is 8. The third-order valence-corrected chi connectivity index (χ3v) is 8.84. The lowest BCUT2D eigenvalue weighted by atomic mass is 10.2. The number of hydrogen-bond donors (Lipinski definition) is 1. The summed E-state index contributed by atoms with van der Waals surface area (Å²) in [6.07, 6.45) is 5.82. The number of amides is 1. The second-order valence-electron chi connectivity index (χ2n) is 9.62. The van der Waals surface area contributed by atoms with Crippen molar-refractivity contribution in [1.82, 2.24) is 29.3 Å². The number of nitrogens with one attached hydrogen (secondary N) is 1. The Labute approximate surface area is 214 Å². The molecule has 6 rings (SSSR count). The highest BCUT2D eigenvalue weighted by atomic mass is 32.2. The summed E-state index contributed by atoms with van der Waals surface area (Å²) in [6, 6.07) is 11.4. The SMILES string of the molecule is Cc1ccc(-n2nc(N3CCN(C4CCS(=O)(=O)C4)CC3)cc2NC(=O)c2cnn3ccccc23)nc1. The number of piperazine rings is 1. The van der Waals surface area contributed by atoms with Gasteiger partial charge >= 0.3 is 0 Å². The van der Waals surface area contributed by atoms with Gasteiger partial charge in [-0.25, -0.2) is 17.9 Å². The monoisotopic (exact) mass is 520 g/mol. The van der Waals surface area contributed by atoms with Crippen molar-refractivity contribution in [3.05, 3.63) is 66.1 Å². The van der Waals surface area contributed by atoms with Crippen LogP contribution in [-0.2, 0) is 9.84 Å². The Hall–Kier alpha value is -3.77. The molecule has 0 saturated carbocycles. The Kier molecular flexibility index (Phi) is 5.92. The third kappa shape index (κ3) is 4.69. The van der Waals surface area contributed by atoms with Gasteiger partial charge in [0, 0.05) is 50.7 Å². The van der Waals surface area contributed by atoms with Crippen molar-refractivity contribution in [3.8, 4) is 5.82 Å². The summed E-state index contributed by atoms with van der Waals surface area (Å²) < 4.78 is 27.1. The molecule has 2 fully saturated rings. The first kappa shape index (κ1) is 23.6. The molecule has 4 aromatic heterocycles. The molecule has 1 unspecified atom stereocenters. The van der Waals surface area contributed by atoms with E-state index in [1.54, 1.807) is 27.8 Å². The zero-order valence-electron chi connectivity index (χ0n) is 20.5. The number of fused-ring (bicyclic) bond motifs is 1. The molecule has 2 aliphatic heterocycles. The van der Waals surface area contributed by atoms with Crippen LogP contribution in [0, 0.1) is 6.92 Å². The van der Waals surface area contributed by atoms with Crippen LogP contribution in [-0.4, -0.2) is 87.3 Å². The van der Waals surface area contributed by atoms with Crippen LogP contribution in [0.15, 0.2) is 55.0 Å². The summed E-state index contributed by atoms with van der Waals surface area (Å²) in [5.74, 6) is 2.09. The normalized spacial score (nSPS) is 19.9. The zero-order valence-corrected chi connectivity index (χ0v) is 21.3. The number of rotatable bonds is 5. The van der Waals surface area contributed by atoms with E-state index in [1.165, 1.54) is 0 Å². The predicted octanol–water partition coefficient (Wildman–Crippen LogP) is 1.78. The topological polar surface area (TPSA) is 118 Å². The largest absolute Gasteiger partial charge is 0.353 e. The summed E-state index contributed by atoms with van der Waals surface area (Å²) >= 11 is 0. The Morgan fingerprint density at radius 3 is 2.62 bits per heavy atom. The molecule has 0 aromatic carbocycles. The van der Waals surface area contributed by atoms with Gasteiger partial charge in [-0.3, -0.25) is 9.69 Å². The number of nitrogens with zero attached hydrogens (tertiary/aromatic N) is 7. The number of carbonyl (C=O) groups excluding carboxylic acids is 1. The molecule has 0 radical (unpaired) electrons. The fraction of sp³-hybridized carbons (Fsp3) is 0.360. The molecule has 2 aliphatic rings. The van der Waals surface area contributed by atoms with Crippen molar-refractivity contribution in [2.45, 2.75) is 19.4 Å². The molecular formula is C25H28N8O3S. The van der Waals surface area contributed by atoms with Crippen LogP contribution in [0.1, 0.15) is 22.3 Å². The molecule has 11 nitrogen and oxygen atoms in total. The van der Waals surface area contributed by atoms with E-state index in [1.807, 2.05) is 43.3 Å². The summed E-state index contributed by atoms with van der Waals surface area (Å²) in [7, 11) is -2.91. The van der Waals surface area contributed by atoms with E-state index < -0.39 is 9.84 Å². The highest BCUT2D eigenvalue weighted by Gasteiger charge is 2.34. The molecule has 1 amide bonds. The molecule has 2 saturated heterocycles. The smallest absolute Gasteiger partial charge is 0.260 e. The number of aromatic nitrogens is 5. The highest BCUT2D eigenvalue weighted by Crippen LogP contribution is 2.26. The van der Waals surface area contributed by atoms with E-state index in [0.717, 1.165) is 37.6 Å². The Morgan fingerprint density at radius 1 is 1.05 bits per heavy atom. The summed E-state index contributed by atoms with van der Waals surface area (Å²) in [5.41, 5.74) is 2.20. The number of aryl methyl sites for hydroxylation is 1. The van der Waals surface area contributed by atoms with E-state index in [2.05, 4.69) is 25.2 Å². The minimum Gasteiger partial charge on any atom is -0.353 e. The van der Waals surface area contributed by atoms with Gasteiger partial charge in [0.05, 0.1) is 28.8 Å². The van der Waals surface area contributed by atoms with Crippen molar-refractivity contribution in [3.63, 3.8) is 0 Å². The van der Waals surface area contributed by atoms with E-state index >= 15 is 0 Å². The van der Waals surface area contributed by atoms with Gasteiger partial charge in [-0.05, 0) is 37.1 Å². The van der Waals surface area contributed by atoms with Crippen LogP contribution < -0.4 is 10.2 Å². The van der Waals surface area contributed by atoms with Gasteiger partial charge in [-0.15, -0.1) is 5.10 Å². The number of sulfone groups is 1. The average Bonchev–Trinajstić information content (AvgIpc) is 3.61. The maximum absolute atomic E-state index is 13.3. The zero-order chi connectivity index (χ0) is 25.6. The molecule has 0 spiro atoms. The number of pyridine rings is 2. The lowest BCUT2D eigenvalue weighted by Crippen LogP contribution is -2.50. The molecule has 192 valence electrons. The minimum atomic E-state index is -2.91. The van der Waals surface area contributed by atoms with E-state index in [9.17, 15) is 13.2 Å². The van der Waals surface area contributed by atoms with Crippen LogP contribution in [0.4, 0.5) is 11.6 Å². The van der Waals surface area contributed by atoms with Gasteiger partial charge in [0.2, 0.25) is 0 Å². The summed E-state index contributed by atoms with van der Waals surface area (Å²) in [5, 5.41) is 12.1. The first-order chi connectivity index (χ1) is 17.9. The molecular weight excluding hydrogens is 492 g/mol. The molecule has 4 aromatic rings. The Bertz CT molecular complexity index is 1550. The van der Waals surface area contributed by atoms with Crippen LogP contribution in [0.2, 0.25) is 0 Å². The third-order valence-electron chi connectivity index (χ3n) is 7.08. The Balaban J connectivity index is 1.25. The maximum atomic E-state index is 13.3. The van der Waals surface area contributed by atoms with Crippen molar-refractivity contribution in [2.75, 3.05) is 47.9 Å². The molecule has 6 heterocycles. The molecule has 12 heteroatoms. The first-order valence-corrected chi connectivity index (χ1v) is 14.1. The quantitative estimate of drug-likeness (QED) is 0.423. The van der Waals surface area contributed by atoms with Gasteiger partial charge in [-0.2, -0.15) is 9.78 Å². The fourth-order valence-electron chi connectivity index (χ4n) is 5.04. The first-order valence-electron chi connectivity index (χ1n) is 12.3. The van der Waals surface area contributed by atoms with Gasteiger partial charge in [-0.1, -0.05) is 12.1 Å². The van der Waals surface area contributed by atoms with Gasteiger partial charge in [0.1, 0.15) is 5.82 Å². The molecule has 0 aliphatic carbocycles. The van der Waals surface area contributed by atoms with Crippen molar-refractivity contribution in [1.29, 1.82) is 0 Å². The van der Waals surface area contributed by atoms with E-state index in [0.29, 0.717) is 29.1 Å². The second kappa shape index (κ2) is 9.27. The second-order valence-corrected chi connectivity index (χ2v) is 11.8. The van der Waals surface area contributed by atoms with Crippen molar-refractivity contribution in [2.24, 2.45) is 0 Å². The summed E-state index contributed by atoms with van der Waals surface area (Å²) in [4.78, 5) is 22.2. The molecule has 0 bridgehead atoms. The molecule has 37 heavy (non-hydrogen) atoms. The van der Waals surface area contributed by atoms with E-state index in [4.69, 9.17) is 5.10 Å². The number of anilines is 2.